The standard InChI is InChI=1S/C28H25ClN2O6S/c1-28(27(34)35)23(16-10-12-19(29)13-11-16)22(25(32)21-9-4-14-38-21)24(30(28)26(33)17-5-2-6-17)18-7-3-8-20(15-18)31(36)37/h3-4,7-15,17,22-24H,2,5-6H2,1H3,(H,34,35). The maximum Gasteiger partial charge on any atom is 0.330 e. The molecule has 5 rings (SSSR count). The number of non-ortho nitro benzene ring substituents is 1. The summed E-state index contributed by atoms with van der Waals surface area (Å²) in [5, 5.41) is 24.6. The fourth-order valence-corrected chi connectivity index (χ4v) is 6.68. The van der Waals surface area contributed by atoms with E-state index in [9.17, 15) is 29.6 Å². The Morgan fingerprint density at radius 3 is 2.34 bits per heavy atom. The monoisotopic (exact) mass is 552 g/mol. The Morgan fingerprint density at radius 2 is 1.79 bits per heavy atom. The van der Waals surface area contributed by atoms with Crippen molar-refractivity contribution in [3.63, 3.8) is 0 Å². The van der Waals surface area contributed by atoms with Gasteiger partial charge in [-0.05, 0) is 54.5 Å². The van der Waals surface area contributed by atoms with Gasteiger partial charge >= 0.3 is 5.97 Å². The van der Waals surface area contributed by atoms with Crippen LogP contribution in [0.3, 0.4) is 0 Å². The molecule has 3 aromatic rings. The van der Waals surface area contributed by atoms with Gasteiger partial charge in [0.25, 0.3) is 5.69 Å². The van der Waals surface area contributed by atoms with Crippen LogP contribution in [-0.4, -0.2) is 38.1 Å². The largest absolute Gasteiger partial charge is 0.479 e. The average Bonchev–Trinajstić information content (AvgIpc) is 3.49. The molecule has 2 fully saturated rings. The fourth-order valence-electron chi connectivity index (χ4n) is 5.84. The lowest BCUT2D eigenvalue weighted by molar-refractivity contribution is -0.385. The molecule has 0 radical (unpaired) electrons. The van der Waals surface area contributed by atoms with E-state index in [4.69, 9.17) is 11.6 Å². The minimum absolute atomic E-state index is 0.201. The first-order valence-corrected chi connectivity index (χ1v) is 13.5. The average molecular weight is 553 g/mol. The van der Waals surface area contributed by atoms with Gasteiger partial charge in [-0.1, -0.05) is 48.4 Å². The van der Waals surface area contributed by atoms with Crippen molar-refractivity contribution in [3.8, 4) is 0 Å². The molecule has 0 spiro atoms. The Kier molecular flexibility index (Phi) is 6.83. The number of nitro benzene ring substituents is 1. The molecule has 2 aliphatic rings. The number of benzene rings is 2. The third kappa shape index (κ3) is 4.19. The normalized spacial score (nSPS) is 25.1. The summed E-state index contributed by atoms with van der Waals surface area (Å²) in [5.41, 5.74) is -1.11. The van der Waals surface area contributed by atoms with E-state index in [1.54, 1.807) is 47.8 Å². The van der Waals surface area contributed by atoms with Crippen LogP contribution in [0, 0.1) is 22.0 Å². The van der Waals surface area contributed by atoms with E-state index in [2.05, 4.69) is 0 Å². The number of carbonyl (C=O) groups excluding carboxylic acids is 2. The van der Waals surface area contributed by atoms with E-state index in [0.29, 0.717) is 33.9 Å². The number of carboxylic acids is 1. The Balaban J connectivity index is 1.80. The second-order valence-electron chi connectivity index (χ2n) is 9.98. The van der Waals surface area contributed by atoms with Crippen LogP contribution < -0.4 is 0 Å². The van der Waals surface area contributed by atoms with E-state index in [1.807, 2.05) is 0 Å². The molecule has 0 bridgehead atoms. The van der Waals surface area contributed by atoms with Gasteiger partial charge in [0.05, 0.1) is 21.8 Å². The van der Waals surface area contributed by atoms with Crippen LogP contribution >= 0.6 is 22.9 Å². The number of Topliss-reactive ketones (excluding diaryl/α,β-unsaturated/α-hetero) is 1. The zero-order valence-corrected chi connectivity index (χ0v) is 22.0. The number of nitrogens with zero attached hydrogens (tertiary/aromatic N) is 2. The van der Waals surface area contributed by atoms with Gasteiger partial charge in [0, 0.05) is 29.0 Å². The van der Waals surface area contributed by atoms with Crippen molar-refractivity contribution in [1.82, 2.24) is 4.90 Å². The summed E-state index contributed by atoms with van der Waals surface area (Å²) < 4.78 is 0. The number of rotatable bonds is 7. The minimum atomic E-state index is -1.81. The Morgan fingerprint density at radius 1 is 1.08 bits per heavy atom. The Bertz CT molecular complexity index is 1400. The lowest BCUT2D eigenvalue weighted by Gasteiger charge is -2.41. The van der Waals surface area contributed by atoms with Crippen LogP contribution in [0.4, 0.5) is 5.69 Å². The molecule has 1 aromatic heterocycles. The van der Waals surface area contributed by atoms with Crippen LogP contribution in [-0.2, 0) is 9.59 Å². The van der Waals surface area contributed by atoms with Crippen LogP contribution in [0.5, 0.6) is 0 Å². The number of hydrogen-bond acceptors (Lipinski definition) is 6. The number of thiophene rings is 1. The molecule has 196 valence electrons. The van der Waals surface area contributed by atoms with Gasteiger partial charge < -0.3 is 10.0 Å². The molecule has 1 aliphatic carbocycles. The molecule has 4 atom stereocenters. The number of nitro groups is 1. The third-order valence-electron chi connectivity index (χ3n) is 7.93. The minimum Gasteiger partial charge on any atom is -0.479 e. The first-order valence-electron chi connectivity index (χ1n) is 12.3. The molecule has 2 heterocycles. The molecular formula is C28H25ClN2O6S. The maximum absolute atomic E-state index is 14.2. The van der Waals surface area contributed by atoms with Gasteiger partial charge in [-0.15, -0.1) is 11.3 Å². The van der Waals surface area contributed by atoms with Crippen LogP contribution in [0.2, 0.25) is 5.02 Å². The quantitative estimate of drug-likeness (QED) is 0.214. The molecule has 1 amide bonds. The molecule has 4 unspecified atom stereocenters. The Hall–Kier alpha value is -3.56. The van der Waals surface area contributed by atoms with Crippen molar-refractivity contribution in [2.75, 3.05) is 0 Å². The molecule has 1 aliphatic heterocycles. The first kappa shape index (κ1) is 26.1. The molecule has 1 saturated heterocycles. The summed E-state index contributed by atoms with van der Waals surface area (Å²) in [6.07, 6.45) is 2.11. The molecule has 10 heteroatoms. The maximum atomic E-state index is 14.2. The summed E-state index contributed by atoms with van der Waals surface area (Å²) in [7, 11) is 0. The lowest BCUT2D eigenvalue weighted by atomic mass is 9.72. The van der Waals surface area contributed by atoms with Gasteiger partial charge in [-0.25, -0.2) is 4.79 Å². The van der Waals surface area contributed by atoms with Crippen LogP contribution in [0.25, 0.3) is 0 Å². The topological polar surface area (TPSA) is 118 Å². The number of amides is 1. The summed E-state index contributed by atoms with van der Waals surface area (Å²) >= 11 is 7.37. The van der Waals surface area contributed by atoms with E-state index in [0.717, 1.165) is 6.42 Å². The highest BCUT2D eigenvalue weighted by molar-refractivity contribution is 7.12. The van der Waals surface area contributed by atoms with E-state index in [-0.39, 0.29) is 23.3 Å². The van der Waals surface area contributed by atoms with Crippen molar-refractivity contribution in [1.29, 1.82) is 0 Å². The molecule has 2 aromatic carbocycles. The van der Waals surface area contributed by atoms with Crippen molar-refractivity contribution in [2.24, 2.45) is 11.8 Å². The first-order chi connectivity index (χ1) is 18.1. The SMILES string of the molecule is CC1(C(=O)O)C(c2ccc(Cl)cc2)C(C(=O)c2cccs2)C(c2cccc([N+](=O)[O-])c2)N1C(=O)C1CCC1. The summed E-state index contributed by atoms with van der Waals surface area (Å²) in [6, 6.07) is 14.8. The van der Waals surface area contributed by atoms with Gasteiger partial charge in [-0.2, -0.15) is 0 Å². The van der Waals surface area contributed by atoms with E-state index < -0.39 is 34.3 Å². The van der Waals surface area contributed by atoms with Crippen molar-refractivity contribution < 1.29 is 24.4 Å². The highest BCUT2D eigenvalue weighted by Crippen LogP contribution is 2.58. The Labute approximate surface area is 228 Å². The second-order valence-corrected chi connectivity index (χ2v) is 11.4. The highest BCUT2D eigenvalue weighted by atomic mass is 35.5. The van der Waals surface area contributed by atoms with Crippen molar-refractivity contribution >= 4 is 46.3 Å². The van der Waals surface area contributed by atoms with Gasteiger partial charge in [0.15, 0.2) is 5.78 Å². The number of ketones is 1. The zero-order chi connectivity index (χ0) is 27.2. The summed E-state index contributed by atoms with van der Waals surface area (Å²) in [6.45, 7) is 1.48. The van der Waals surface area contributed by atoms with E-state index in [1.165, 1.54) is 41.4 Å². The van der Waals surface area contributed by atoms with Crippen LogP contribution in [0.1, 0.15) is 58.9 Å². The van der Waals surface area contributed by atoms with Crippen molar-refractivity contribution in [3.05, 3.63) is 97.2 Å². The fraction of sp³-hybridized carbons (Fsp3) is 0.321. The van der Waals surface area contributed by atoms with E-state index >= 15 is 0 Å². The number of hydrogen-bond donors (Lipinski definition) is 1. The molecule has 8 nitrogen and oxygen atoms in total. The number of carboxylic acid groups (broad SMARTS) is 1. The van der Waals surface area contributed by atoms with Crippen LogP contribution in [0.15, 0.2) is 66.0 Å². The smallest absolute Gasteiger partial charge is 0.330 e. The number of aliphatic carboxylic acids is 1. The predicted octanol–water partition coefficient (Wildman–Crippen LogP) is 6.12. The van der Waals surface area contributed by atoms with Gasteiger partial charge in [0.2, 0.25) is 5.91 Å². The van der Waals surface area contributed by atoms with Gasteiger partial charge in [0.1, 0.15) is 5.54 Å². The second kappa shape index (κ2) is 9.96. The number of halogens is 1. The highest BCUT2D eigenvalue weighted by Gasteiger charge is 2.65. The van der Waals surface area contributed by atoms with Crippen molar-refractivity contribution in [2.45, 2.75) is 43.7 Å². The number of likely N-dealkylation sites (tertiary alicyclic amines) is 1. The molecule has 38 heavy (non-hydrogen) atoms. The molecule has 1 saturated carbocycles. The lowest BCUT2D eigenvalue weighted by Crippen LogP contribution is -2.56. The zero-order valence-electron chi connectivity index (χ0n) is 20.5. The molecular weight excluding hydrogens is 528 g/mol. The molecule has 1 N–H and O–H groups in total. The third-order valence-corrected chi connectivity index (χ3v) is 9.06. The number of carbonyl (C=O) groups is 3. The summed E-state index contributed by atoms with van der Waals surface area (Å²) in [5.74, 6) is -4.23. The summed E-state index contributed by atoms with van der Waals surface area (Å²) in [4.78, 5) is 54.3. The van der Waals surface area contributed by atoms with Gasteiger partial charge in [-0.3, -0.25) is 19.7 Å². The predicted molar refractivity (Wildman–Crippen MR) is 142 cm³/mol.